The topological polar surface area (TPSA) is 86.3 Å². The van der Waals surface area contributed by atoms with E-state index in [2.05, 4.69) is 0 Å². The van der Waals surface area contributed by atoms with Crippen LogP contribution in [0.4, 0.5) is 17.1 Å². The Morgan fingerprint density at radius 2 is 1.05 bits per heavy atom. The first-order valence-electron chi connectivity index (χ1n) is 13.5. The van der Waals surface area contributed by atoms with Gasteiger partial charge in [0, 0.05) is 41.6 Å². The van der Waals surface area contributed by atoms with E-state index in [9.17, 15) is 0 Å². The van der Waals surface area contributed by atoms with Crippen LogP contribution in [0.25, 0.3) is 10.4 Å². The molecular formula is C32H35NO9S2. The minimum absolute atomic E-state index is 0.478. The molecule has 234 valence electrons. The molecule has 0 radical (unpaired) electrons. The van der Waals surface area contributed by atoms with Crippen molar-refractivity contribution in [2.45, 2.75) is 4.21 Å². The van der Waals surface area contributed by atoms with Gasteiger partial charge < -0.3 is 47.5 Å². The quantitative estimate of drug-likeness (QED) is 0.145. The van der Waals surface area contributed by atoms with Crippen molar-refractivity contribution < 1.29 is 42.6 Å². The van der Waals surface area contributed by atoms with Gasteiger partial charge >= 0.3 is 0 Å². The molecule has 3 aromatic carbocycles. The Hall–Kier alpha value is -4.29. The number of benzene rings is 3. The van der Waals surface area contributed by atoms with Crippen molar-refractivity contribution in [2.75, 3.05) is 74.1 Å². The van der Waals surface area contributed by atoms with Crippen LogP contribution in [0, 0.1) is 0 Å². The van der Waals surface area contributed by atoms with Crippen molar-refractivity contribution in [3.8, 4) is 62.2 Å². The van der Waals surface area contributed by atoms with Crippen molar-refractivity contribution >= 4 is 40.2 Å². The van der Waals surface area contributed by atoms with Gasteiger partial charge in [-0.2, -0.15) is 0 Å². The summed E-state index contributed by atoms with van der Waals surface area (Å²) in [5.41, 5.74) is 3.11. The molecule has 44 heavy (non-hydrogen) atoms. The third kappa shape index (κ3) is 5.55. The van der Waals surface area contributed by atoms with Crippen LogP contribution in [-0.2, 0) is 0 Å². The van der Waals surface area contributed by atoms with Crippen molar-refractivity contribution in [1.29, 1.82) is 0 Å². The molecule has 4 aromatic rings. The first-order chi connectivity index (χ1) is 21.5. The summed E-state index contributed by atoms with van der Waals surface area (Å²) < 4.78 is 53.1. The zero-order valence-corrected chi connectivity index (χ0v) is 27.5. The van der Waals surface area contributed by atoms with E-state index >= 15 is 0 Å². The van der Waals surface area contributed by atoms with Gasteiger partial charge in [0.1, 0.15) is 23.2 Å². The zero-order valence-electron chi connectivity index (χ0n) is 25.9. The third-order valence-electron chi connectivity index (χ3n) is 7.06. The molecule has 1 aliphatic rings. The van der Waals surface area contributed by atoms with Crippen molar-refractivity contribution in [1.82, 2.24) is 0 Å². The molecule has 0 N–H and O–H groups in total. The van der Waals surface area contributed by atoms with Crippen LogP contribution in [0.1, 0.15) is 0 Å². The Kier molecular flexibility index (Phi) is 9.60. The molecule has 0 saturated carbocycles. The summed E-state index contributed by atoms with van der Waals surface area (Å²) in [7, 11) is 11.1. The molecule has 0 unspecified atom stereocenters. The number of thioether (sulfide) groups is 1. The molecular weight excluding hydrogens is 606 g/mol. The van der Waals surface area contributed by atoms with Crippen LogP contribution in [0.5, 0.6) is 51.7 Å². The van der Waals surface area contributed by atoms with E-state index in [4.69, 9.17) is 42.6 Å². The highest BCUT2D eigenvalue weighted by Gasteiger charge is 2.28. The van der Waals surface area contributed by atoms with Gasteiger partial charge in [0.15, 0.2) is 34.5 Å². The fourth-order valence-corrected chi connectivity index (χ4v) is 6.96. The van der Waals surface area contributed by atoms with E-state index in [1.165, 1.54) is 0 Å². The Balaban J connectivity index is 1.75. The van der Waals surface area contributed by atoms with Gasteiger partial charge in [0.2, 0.25) is 11.5 Å². The molecule has 0 atom stereocenters. The average molecular weight is 642 g/mol. The number of hydrogen-bond acceptors (Lipinski definition) is 12. The minimum Gasteiger partial charge on any atom is -0.496 e. The van der Waals surface area contributed by atoms with E-state index in [1.54, 1.807) is 72.9 Å². The largest absolute Gasteiger partial charge is 0.496 e. The monoisotopic (exact) mass is 641 g/mol. The van der Waals surface area contributed by atoms with Crippen LogP contribution < -0.4 is 47.5 Å². The summed E-state index contributed by atoms with van der Waals surface area (Å²) in [6.07, 6.45) is 2.03. The fraction of sp³-hybridized carbons (Fsp3) is 0.312. The lowest BCUT2D eigenvalue weighted by Gasteiger charge is -2.28. The molecule has 0 aliphatic carbocycles. The second-order valence-electron chi connectivity index (χ2n) is 9.27. The third-order valence-corrected chi connectivity index (χ3v) is 9.34. The molecule has 5 rings (SSSR count). The van der Waals surface area contributed by atoms with Crippen LogP contribution in [-0.4, -0.2) is 69.2 Å². The lowest BCUT2D eigenvalue weighted by molar-refractivity contribution is 0.170. The highest BCUT2D eigenvalue weighted by atomic mass is 32.2. The van der Waals surface area contributed by atoms with E-state index in [0.29, 0.717) is 53.5 Å². The van der Waals surface area contributed by atoms with Gasteiger partial charge in [-0.3, -0.25) is 0 Å². The second kappa shape index (κ2) is 13.6. The summed E-state index contributed by atoms with van der Waals surface area (Å²) in [4.78, 5) is 2.96. The maximum atomic E-state index is 6.08. The molecule has 0 bridgehead atoms. The normalized spacial score (nSPS) is 11.9. The van der Waals surface area contributed by atoms with Gasteiger partial charge in [-0.05, 0) is 18.4 Å². The van der Waals surface area contributed by atoms with Crippen LogP contribution in [0.15, 0.2) is 46.7 Å². The highest BCUT2D eigenvalue weighted by molar-refractivity contribution is 8.00. The number of fused-ring (bicyclic) bond motifs is 1. The minimum atomic E-state index is 0.478. The number of methoxy groups -OCH3 is 7. The molecule has 1 aliphatic heterocycles. The molecule has 0 fully saturated rings. The predicted molar refractivity (Wildman–Crippen MR) is 173 cm³/mol. The van der Waals surface area contributed by atoms with Crippen LogP contribution in [0.3, 0.4) is 0 Å². The van der Waals surface area contributed by atoms with Crippen molar-refractivity contribution in [3.05, 3.63) is 42.5 Å². The number of hydrogen-bond donors (Lipinski definition) is 0. The number of anilines is 3. The van der Waals surface area contributed by atoms with Gasteiger partial charge in [-0.25, -0.2) is 0 Å². The Bertz CT molecular complexity index is 1520. The van der Waals surface area contributed by atoms with Gasteiger partial charge in [-0.1, -0.05) is 0 Å². The highest BCUT2D eigenvalue weighted by Crippen LogP contribution is 2.55. The van der Waals surface area contributed by atoms with Gasteiger partial charge in [-0.15, -0.1) is 23.1 Å². The van der Waals surface area contributed by atoms with Crippen molar-refractivity contribution in [3.63, 3.8) is 0 Å². The van der Waals surface area contributed by atoms with Gasteiger partial charge in [0.05, 0.1) is 66.0 Å². The fourth-order valence-electron chi connectivity index (χ4n) is 5.08. The number of nitrogens with zero attached hydrogens (tertiary/aromatic N) is 1. The zero-order chi connectivity index (χ0) is 31.4. The molecule has 10 nitrogen and oxygen atoms in total. The van der Waals surface area contributed by atoms with Crippen LogP contribution >= 0.6 is 23.1 Å². The van der Waals surface area contributed by atoms with Crippen LogP contribution in [0.2, 0.25) is 0 Å². The summed E-state index contributed by atoms with van der Waals surface area (Å²) >= 11 is 3.25. The number of thiophene rings is 1. The molecule has 2 heterocycles. The number of ether oxygens (including phenoxy) is 9. The summed E-state index contributed by atoms with van der Waals surface area (Å²) in [6, 6.07) is 13.5. The molecule has 0 amide bonds. The summed E-state index contributed by atoms with van der Waals surface area (Å²) in [5, 5.41) is 0. The first-order valence-corrected chi connectivity index (χ1v) is 15.6. The predicted octanol–water partition coefficient (Wildman–Crippen LogP) is 7.44. The molecule has 1 aromatic heterocycles. The second-order valence-corrected chi connectivity index (χ2v) is 11.4. The SMILES string of the molecule is COc1cc(N(c2cc(OC)c(OC)c(OC)c2)c2cc(OC)c(OC)c(OC)c2)ccc1-c1sc(SC)c2c1OCCO2. The Morgan fingerprint density at radius 3 is 1.48 bits per heavy atom. The molecule has 12 heteroatoms. The molecule has 0 spiro atoms. The van der Waals surface area contributed by atoms with Gasteiger partial charge in [0.25, 0.3) is 0 Å². The van der Waals surface area contributed by atoms with E-state index < -0.39 is 0 Å². The lowest BCUT2D eigenvalue weighted by Crippen LogP contribution is -2.14. The van der Waals surface area contributed by atoms with Crippen molar-refractivity contribution in [2.24, 2.45) is 0 Å². The summed E-state index contributed by atoms with van der Waals surface area (Å²) in [6.45, 7) is 1.01. The average Bonchev–Trinajstić information content (AvgIpc) is 3.45. The maximum Gasteiger partial charge on any atom is 0.203 e. The first kappa shape index (κ1) is 31.1. The van der Waals surface area contributed by atoms with E-state index in [0.717, 1.165) is 43.2 Å². The Labute approximate surface area is 265 Å². The smallest absolute Gasteiger partial charge is 0.203 e. The van der Waals surface area contributed by atoms with E-state index in [-0.39, 0.29) is 0 Å². The maximum absolute atomic E-state index is 6.08. The lowest BCUT2D eigenvalue weighted by atomic mass is 10.1. The Morgan fingerprint density at radius 1 is 0.591 bits per heavy atom. The molecule has 0 saturated heterocycles. The standard InChI is InChI=1S/C32H35NO9S2/c1-34-22-13-18(9-10-21(22)31-29-30(32(43-8)44-31)42-12-11-41-29)33(19-14-23(35-2)27(39-6)24(15-19)36-3)20-16-25(37-4)28(40-7)26(17-20)38-5/h9-10,13-17H,11-12H2,1-8H3. The number of rotatable bonds is 12. The van der Waals surface area contributed by atoms with E-state index in [1.807, 2.05) is 53.6 Å². The summed E-state index contributed by atoms with van der Waals surface area (Å²) in [5.74, 6) is 5.11.